The molecule has 0 aliphatic carbocycles. The van der Waals surface area contributed by atoms with Gasteiger partial charge in [0, 0.05) is 5.75 Å². The first kappa shape index (κ1) is 17.1. The Kier molecular flexibility index (Phi) is 7.70. The molecule has 1 aromatic carbocycles. The van der Waals surface area contributed by atoms with Crippen molar-refractivity contribution < 1.29 is 9.53 Å². The number of rotatable bonds is 9. The van der Waals surface area contributed by atoms with Gasteiger partial charge >= 0.3 is 5.97 Å². The van der Waals surface area contributed by atoms with Crippen LogP contribution in [0.25, 0.3) is 0 Å². The smallest absolute Gasteiger partial charge is 0.331 e. The standard InChI is InChI=1S/C16H25NO2S/c1-3-5-9-12-20-13-16(17,15(18)19-4-2)14-10-7-6-8-11-14/h6-8,10-11H,3-5,9,12-13,17H2,1-2H3. The summed E-state index contributed by atoms with van der Waals surface area (Å²) in [6, 6.07) is 9.51. The van der Waals surface area contributed by atoms with Crippen LogP contribution in [-0.2, 0) is 15.1 Å². The van der Waals surface area contributed by atoms with E-state index in [4.69, 9.17) is 10.5 Å². The van der Waals surface area contributed by atoms with Crippen molar-refractivity contribution in [3.8, 4) is 0 Å². The van der Waals surface area contributed by atoms with Crippen molar-refractivity contribution in [1.29, 1.82) is 0 Å². The normalized spacial score (nSPS) is 13.8. The maximum absolute atomic E-state index is 12.2. The quantitative estimate of drug-likeness (QED) is 0.561. The summed E-state index contributed by atoms with van der Waals surface area (Å²) in [5.41, 5.74) is 6.14. The van der Waals surface area contributed by atoms with Gasteiger partial charge in [0.05, 0.1) is 6.61 Å². The molecule has 1 aromatic rings. The summed E-state index contributed by atoms with van der Waals surface area (Å²) in [4.78, 5) is 12.2. The van der Waals surface area contributed by atoms with E-state index in [2.05, 4.69) is 6.92 Å². The van der Waals surface area contributed by atoms with E-state index in [0.717, 1.165) is 17.7 Å². The van der Waals surface area contributed by atoms with Crippen LogP contribution < -0.4 is 5.73 Å². The molecule has 1 atom stereocenters. The van der Waals surface area contributed by atoms with Crippen molar-refractivity contribution in [1.82, 2.24) is 0 Å². The summed E-state index contributed by atoms with van der Waals surface area (Å²) >= 11 is 1.72. The lowest BCUT2D eigenvalue weighted by molar-refractivity contribution is -0.149. The zero-order valence-corrected chi connectivity index (χ0v) is 13.2. The van der Waals surface area contributed by atoms with Gasteiger partial charge in [-0.1, -0.05) is 50.1 Å². The number of hydrogen-bond acceptors (Lipinski definition) is 4. The van der Waals surface area contributed by atoms with Gasteiger partial charge in [-0.25, -0.2) is 4.79 Å². The Morgan fingerprint density at radius 2 is 1.95 bits per heavy atom. The van der Waals surface area contributed by atoms with Gasteiger partial charge < -0.3 is 10.5 Å². The van der Waals surface area contributed by atoms with Crippen LogP contribution >= 0.6 is 11.8 Å². The summed E-state index contributed by atoms with van der Waals surface area (Å²) in [5, 5.41) is 0. The van der Waals surface area contributed by atoms with Crippen LogP contribution in [-0.4, -0.2) is 24.1 Å². The minimum atomic E-state index is -1.05. The third-order valence-corrected chi connectivity index (χ3v) is 4.39. The molecule has 0 bridgehead atoms. The van der Waals surface area contributed by atoms with E-state index in [9.17, 15) is 4.79 Å². The van der Waals surface area contributed by atoms with Gasteiger partial charge in [-0.05, 0) is 24.7 Å². The highest BCUT2D eigenvalue weighted by atomic mass is 32.2. The predicted molar refractivity (Wildman–Crippen MR) is 85.8 cm³/mol. The number of carbonyl (C=O) groups excluding carboxylic acids is 1. The first-order valence-corrected chi connectivity index (χ1v) is 8.40. The Morgan fingerprint density at radius 3 is 2.55 bits per heavy atom. The lowest BCUT2D eigenvalue weighted by Gasteiger charge is -2.27. The number of carbonyl (C=O) groups is 1. The third kappa shape index (κ3) is 4.84. The van der Waals surface area contributed by atoms with Crippen LogP contribution in [0.3, 0.4) is 0 Å². The molecule has 0 fully saturated rings. The van der Waals surface area contributed by atoms with Gasteiger partial charge in [-0.2, -0.15) is 11.8 Å². The van der Waals surface area contributed by atoms with E-state index in [1.165, 1.54) is 12.8 Å². The molecular formula is C16H25NO2S. The number of nitrogens with two attached hydrogens (primary N) is 1. The van der Waals surface area contributed by atoms with Crippen LogP contribution in [0.2, 0.25) is 0 Å². The van der Waals surface area contributed by atoms with Crippen LogP contribution in [0.5, 0.6) is 0 Å². The van der Waals surface area contributed by atoms with Crippen molar-refractivity contribution in [3.63, 3.8) is 0 Å². The van der Waals surface area contributed by atoms with E-state index >= 15 is 0 Å². The van der Waals surface area contributed by atoms with Crippen LogP contribution in [0, 0.1) is 0 Å². The first-order chi connectivity index (χ1) is 9.65. The molecule has 0 radical (unpaired) electrons. The largest absolute Gasteiger partial charge is 0.464 e. The number of benzene rings is 1. The molecule has 112 valence electrons. The molecule has 2 N–H and O–H groups in total. The van der Waals surface area contributed by atoms with E-state index < -0.39 is 5.54 Å². The lowest BCUT2D eigenvalue weighted by atomic mass is 9.93. The van der Waals surface area contributed by atoms with E-state index in [1.54, 1.807) is 18.7 Å². The minimum Gasteiger partial charge on any atom is -0.464 e. The Hall–Kier alpha value is -1.00. The maximum Gasteiger partial charge on any atom is 0.331 e. The summed E-state index contributed by atoms with van der Waals surface area (Å²) in [6.07, 6.45) is 3.58. The van der Waals surface area contributed by atoms with Crippen molar-refractivity contribution in [2.24, 2.45) is 5.73 Å². The van der Waals surface area contributed by atoms with Gasteiger partial charge in [-0.3, -0.25) is 0 Å². The average Bonchev–Trinajstić information content (AvgIpc) is 2.48. The second-order valence-corrected chi connectivity index (χ2v) is 5.92. The van der Waals surface area contributed by atoms with Gasteiger partial charge in [-0.15, -0.1) is 0 Å². The van der Waals surface area contributed by atoms with Crippen molar-refractivity contribution in [2.45, 2.75) is 38.6 Å². The zero-order chi connectivity index (χ0) is 14.8. The molecule has 4 heteroatoms. The molecule has 1 unspecified atom stereocenters. The molecule has 0 heterocycles. The summed E-state index contributed by atoms with van der Waals surface area (Å²) in [5.74, 6) is 1.24. The number of unbranched alkanes of at least 4 members (excludes halogenated alkanes) is 2. The minimum absolute atomic E-state index is 0.339. The summed E-state index contributed by atoms with van der Waals surface area (Å²) < 4.78 is 5.16. The van der Waals surface area contributed by atoms with E-state index in [-0.39, 0.29) is 5.97 Å². The topological polar surface area (TPSA) is 52.3 Å². The fourth-order valence-corrected chi connectivity index (χ4v) is 3.10. The lowest BCUT2D eigenvalue weighted by Crippen LogP contribution is -2.48. The van der Waals surface area contributed by atoms with Gasteiger partial charge in [0.1, 0.15) is 5.54 Å². The second kappa shape index (κ2) is 9.03. The number of hydrogen-bond donors (Lipinski definition) is 1. The second-order valence-electron chi connectivity index (χ2n) is 4.82. The van der Waals surface area contributed by atoms with Gasteiger partial charge in [0.2, 0.25) is 0 Å². The van der Waals surface area contributed by atoms with Crippen LogP contribution in [0.1, 0.15) is 38.7 Å². The highest BCUT2D eigenvalue weighted by molar-refractivity contribution is 7.99. The molecule has 0 amide bonds. The maximum atomic E-state index is 12.2. The predicted octanol–water partition coefficient (Wildman–Crippen LogP) is 3.33. The highest BCUT2D eigenvalue weighted by Crippen LogP contribution is 2.25. The van der Waals surface area contributed by atoms with Crippen molar-refractivity contribution in [2.75, 3.05) is 18.1 Å². The molecule has 0 saturated heterocycles. The molecule has 3 nitrogen and oxygen atoms in total. The molecule has 0 aromatic heterocycles. The van der Waals surface area contributed by atoms with Gasteiger partial charge in [0.25, 0.3) is 0 Å². The van der Waals surface area contributed by atoms with E-state index in [0.29, 0.717) is 12.4 Å². The zero-order valence-electron chi connectivity index (χ0n) is 12.4. The first-order valence-electron chi connectivity index (χ1n) is 7.24. The fraction of sp³-hybridized carbons (Fsp3) is 0.562. The summed E-state index contributed by atoms with van der Waals surface area (Å²) in [6.45, 7) is 4.34. The molecule has 1 rings (SSSR count). The van der Waals surface area contributed by atoms with Crippen molar-refractivity contribution in [3.05, 3.63) is 35.9 Å². The molecule has 0 saturated carbocycles. The molecule has 0 spiro atoms. The molecule has 20 heavy (non-hydrogen) atoms. The average molecular weight is 295 g/mol. The summed E-state index contributed by atoms with van der Waals surface area (Å²) in [7, 11) is 0. The van der Waals surface area contributed by atoms with Crippen LogP contribution in [0.4, 0.5) is 0 Å². The SMILES string of the molecule is CCCCCSCC(N)(C(=O)OCC)c1ccccc1. The highest BCUT2D eigenvalue weighted by Gasteiger charge is 2.37. The number of ether oxygens (including phenoxy) is 1. The monoisotopic (exact) mass is 295 g/mol. The van der Waals surface area contributed by atoms with Gasteiger partial charge in [0.15, 0.2) is 0 Å². The number of thioether (sulfide) groups is 1. The molecule has 0 aliphatic rings. The van der Waals surface area contributed by atoms with Crippen molar-refractivity contribution >= 4 is 17.7 Å². The fourth-order valence-electron chi connectivity index (χ4n) is 1.94. The molecule has 0 aliphatic heterocycles. The third-order valence-electron chi connectivity index (χ3n) is 3.15. The molecular weight excluding hydrogens is 270 g/mol. The van der Waals surface area contributed by atoms with E-state index in [1.807, 2.05) is 30.3 Å². The Labute approximate surface area is 126 Å². The number of esters is 1. The Balaban J connectivity index is 2.72. The van der Waals surface area contributed by atoms with Crippen LogP contribution in [0.15, 0.2) is 30.3 Å². The Bertz CT molecular complexity index is 397. The Morgan fingerprint density at radius 1 is 1.25 bits per heavy atom.